The third kappa shape index (κ3) is 3.37. The topological polar surface area (TPSA) is 68.3 Å². The van der Waals surface area contributed by atoms with Crippen LogP contribution in [0.4, 0.5) is 5.69 Å². The summed E-state index contributed by atoms with van der Waals surface area (Å²) in [5, 5.41) is 0. The van der Waals surface area contributed by atoms with Gasteiger partial charge in [0.2, 0.25) is 0 Å². The maximum Gasteiger partial charge on any atom is 0.332 e. The molecule has 0 bridgehead atoms. The Morgan fingerprint density at radius 3 is 2.45 bits per heavy atom. The first-order valence-corrected chi connectivity index (χ1v) is 10.0. The zero-order valence-corrected chi connectivity index (χ0v) is 17.6. The van der Waals surface area contributed by atoms with E-state index in [1.807, 2.05) is 0 Å². The largest absolute Gasteiger partial charge is 0.369 e. The van der Waals surface area contributed by atoms with Crippen LogP contribution < -0.4 is 16.1 Å². The number of hydrogen-bond donors (Lipinski definition) is 0. The van der Waals surface area contributed by atoms with E-state index in [4.69, 9.17) is 0 Å². The number of hydrogen-bond acceptors (Lipinski definition) is 5. The minimum atomic E-state index is -0.310. The highest BCUT2D eigenvalue weighted by atomic mass is 16.2. The zero-order valence-electron chi connectivity index (χ0n) is 17.6. The number of imidazole rings is 1. The Morgan fingerprint density at radius 1 is 1.00 bits per heavy atom. The van der Waals surface area contributed by atoms with Crippen LogP contribution in [0.3, 0.4) is 0 Å². The molecule has 1 aliphatic heterocycles. The molecule has 0 unspecified atom stereocenters. The molecule has 3 aromatic rings. The molecule has 0 spiro atoms. The third-order valence-electron chi connectivity index (χ3n) is 6.13. The number of piperazine rings is 1. The quantitative estimate of drug-likeness (QED) is 0.655. The second-order valence-electron chi connectivity index (χ2n) is 7.87. The van der Waals surface area contributed by atoms with Crippen LogP contribution in [0.5, 0.6) is 0 Å². The van der Waals surface area contributed by atoms with Gasteiger partial charge in [0.15, 0.2) is 11.2 Å². The minimum Gasteiger partial charge on any atom is -0.369 e. The van der Waals surface area contributed by atoms with E-state index in [1.165, 1.54) is 25.9 Å². The molecule has 1 fully saturated rings. The lowest BCUT2D eigenvalue weighted by Crippen LogP contribution is -2.49. The van der Waals surface area contributed by atoms with Crippen LogP contribution in [-0.2, 0) is 20.6 Å². The molecule has 8 nitrogen and oxygen atoms in total. The summed E-state index contributed by atoms with van der Waals surface area (Å²) in [6, 6.07) is 6.44. The van der Waals surface area contributed by atoms with Crippen molar-refractivity contribution in [2.24, 2.45) is 14.1 Å². The van der Waals surface area contributed by atoms with E-state index in [1.54, 1.807) is 25.0 Å². The first-order chi connectivity index (χ1) is 13.9. The molecule has 2 aromatic heterocycles. The molecule has 3 heterocycles. The highest BCUT2D eigenvalue weighted by Gasteiger charge is 2.20. The van der Waals surface area contributed by atoms with E-state index >= 15 is 0 Å². The Morgan fingerprint density at radius 2 is 1.72 bits per heavy atom. The predicted molar refractivity (Wildman–Crippen MR) is 115 cm³/mol. The molecule has 8 heteroatoms. The van der Waals surface area contributed by atoms with Gasteiger partial charge in [-0.1, -0.05) is 12.1 Å². The summed E-state index contributed by atoms with van der Waals surface area (Å²) in [6.07, 6.45) is 1.57. The number of anilines is 1. The second-order valence-corrected chi connectivity index (χ2v) is 7.87. The fourth-order valence-electron chi connectivity index (χ4n) is 4.13. The predicted octanol–water partition coefficient (Wildman–Crippen LogP) is 0.873. The van der Waals surface area contributed by atoms with Crippen molar-refractivity contribution in [3.63, 3.8) is 0 Å². The van der Waals surface area contributed by atoms with Crippen LogP contribution in [0.25, 0.3) is 11.2 Å². The van der Waals surface area contributed by atoms with Crippen molar-refractivity contribution in [2.75, 3.05) is 37.6 Å². The van der Waals surface area contributed by atoms with Gasteiger partial charge in [-0.05, 0) is 31.0 Å². The maximum atomic E-state index is 12.8. The van der Waals surface area contributed by atoms with Gasteiger partial charge < -0.3 is 9.47 Å². The van der Waals surface area contributed by atoms with Gasteiger partial charge in [-0.3, -0.25) is 18.8 Å². The van der Waals surface area contributed by atoms with Crippen LogP contribution in [0.1, 0.15) is 11.1 Å². The monoisotopic (exact) mass is 396 g/mol. The van der Waals surface area contributed by atoms with Gasteiger partial charge in [0.1, 0.15) is 0 Å². The van der Waals surface area contributed by atoms with E-state index in [9.17, 15) is 9.59 Å². The van der Waals surface area contributed by atoms with Gasteiger partial charge in [0.25, 0.3) is 5.56 Å². The highest BCUT2D eigenvalue weighted by molar-refractivity contribution is 5.69. The first-order valence-electron chi connectivity index (χ1n) is 10.0. The SMILES string of the molecule is Cc1cccc(N2CCN(CCn3c(=O)c4c(ncn4C)n(C)c3=O)CC2)c1C. The van der Waals surface area contributed by atoms with Crippen LogP contribution in [0, 0.1) is 13.8 Å². The summed E-state index contributed by atoms with van der Waals surface area (Å²) < 4.78 is 4.47. The van der Waals surface area contributed by atoms with Crippen molar-refractivity contribution in [3.8, 4) is 0 Å². The van der Waals surface area contributed by atoms with E-state index in [0.29, 0.717) is 24.3 Å². The fourth-order valence-corrected chi connectivity index (χ4v) is 4.13. The number of nitrogens with zero attached hydrogens (tertiary/aromatic N) is 6. The molecular formula is C21H28N6O2. The maximum absolute atomic E-state index is 12.8. The molecule has 0 saturated carbocycles. The highest BCUT2D eigenvalue weighted by Crippen LogP contribution is 2.23. The standard InChI is InChI=1S/C21H28N6O2/c1-15-6-5-7-17(16(15)2)26-11-8-25(9-12-26)10-13-27-20(28)18-19(22-14-23(18)3)24(4)21(27)29/h5-7,14H,8-13H2,1-4H3. The lowest BCUT2D eigenvalue weighted by Gasteiger charge is -2.37. The minimum absolute atomic E-state index is 0.267. The number of rotatable bonds is 4. The molecule has 154 valence electrons. The molecule has 0 radical (unpaired) electrons. The molecule has 1 aliphatic rings. The van der Waals surface area contributed by atoms with Crippen molar-refractivity contribution in [3.05, 3.63) is 56.5 Å². The number of aromatic nitrogens is 4. The average molecular weight is 396 g/mol. The molecule has 0 amide bonds. The first kappa shape index (κ1) is 19.4. The fraction of sp³-hybridized carbons (Fsp3) is 0.476. The molecule has 29 heavy (non-hydrogen) atoms. The Bertz CT molecular complexity index is 1160. The van der Waals surface area contributed by atoms with Crippen molar-refractivity contribution in [1.82, 2.24) is 23.6 Å². The molecule has 0 atom stereocenters. The number of benzene rings is 1. The summed E-state index contributed by atoms with van der Waals surface area (Å²) in [7, 11) is 3.44. The van der Waals surface area contributed by atoms with Crippen LogP contribution in [0.15, 0.2) is 34.1 Å². The third-order valence-corrected chi connectivity index (χ3v) is 6.13. The number of fused-ring (bicyclic) bond motifs is 1. The van der Waals surface area contributed by atoms with Crippen LogP contribution in [0.2, 0.25) is 0 Å². The van der Waals surface area contributed by atoms with Crippen LogP contribution in [-0.4, -0.2) is 56.3 Å². The lowest BCUT2D eigenvalue weighted by molar-refractivity contribution is 0.245. The van der Waals surface area contributed by atoms with E-state index in [-0.39, 0.29) is 11.2 Å². The Balaban J connectivity index is 1.46. The zero-order chi connectivity index (χ0) is 20.7. The van der Waals surface area contributed by atoms with Gasteiger partial charge in [0, 0.05) is 59.1 Å². The Kier molecular flexibility index (Phi) is 5.04. The Labute approximate surface area is 169 Å². The van der Waals surface area contributed by atoms with Crippen molar-refractivity contribution < 1.29 is 0 Å². The molecule has 0 N–H and O–H groups in total. The average Bonchev–Trinajstić information content (AvgIpc) is 3.11. The van der Waals surface area contributed by atoms with Crippen molar-refractivity contribution >= 4 is 16.9 Å². The van der Waals surface area contributed by atoms with E-state index < -0.39 is 0 Å². The molecular weight excluding hydrogens is 368 g/mol. The molecule has 1 aromatic carbocycles. The van der Waals surface area contributed by atoms with Crippen molar-refractivity contribution in [1.29, 1.82) is 0 Å². The van der Waals surface area contributed by atoms with Gasteiger partial charge >= 0.3 is 5.69 Å². The van der Waals surface area contributed by atoms with Gasteiger partial charge in [0.05, 0.1) is 6.33 Å². The second kappa shape index (κ2) is 7.51. The summed E-state index contributed by atoms with van der Waals surface area (Å²) in [6.45, 7) is 9.10. The summed E-state index contributed by atoms with van der Waals surface area (Å²) >= 11 is 0. The normalized spacial score (nSPS) is 15.4. The van der Waals surface area contributed by atoms with Crippen LogP contribution >= 0.6 is 0 Å². The molecule has 0 aliphatic carbocycles. The smallest absolute Gasteiger partial charge is 0.332 e. The Hall–Kier alpha value is -2.87. The summed E-state index contributed by atoms with van der Waals surface area (Å²) in [5.41, 5.74) is 4.27. The van der Waals surface area contributed by atoms with Gasteiger partial charge in [-0.15, -0.1) is 0 Å². The molecule has 4 rings (SSSR count). The lowest BCUT2D eigenvalue weighted by atomic mass is 10.1. The summed E-state index contributed by atoms with van der Waals surface area (Å²) in [4.78, 5) is 34.4. The van der Waals surface area contributed by atoms with Crippen molar-refractivity contribution in [2.45, 2.75) is 20.4 Å². The van der Waals surface area contributed by atoms with Gasteiger partial charge in [-0.2, -0.15) is 0 Å². The van der Waals surface area contributed by atoms with E-state index in [2.05, 4.69) is 46.8 Å². The van der Waals surface area contributed by atoms with E-state index in [0.717, 1.165) is 26.2 Å². The molecule has 1 saturated heterocycles. The summed E-state index contributed by atoms with van der Waals surface area (Å²) in [5.74, 6) is 0. The number of aryl methyl sites for hydroxylation is 3. The van der Waals surface area contributed by atoms with Gasteiger partial charge in [-0.25, -0.2) is 9.78 Å².